The number of fused-ring (bicyclic) bond motifs is 2. The largest absolute Gasteiger partial charge is 0.272 e. The lowest BCUT2D eigenvalue weighted by Gasteiger charge is -2.28. The van der Waals surface area contributed by atoms with Gasteiger partial charge in [-0.2, -0.15) is 0 Å². The smallest absolute Gasteiger partial charge is 0.267 e. The number of amides is 2. The molecule has 1 aromatic heterocycles. The third-order valence-corrected chi connectivity index (χ3v) is 5.36. The SMILES string of the molecule is O=C(NN1CCc2ccccc2C1=O)c1cc(-c2ccccc2)nc2ccccc12. The van der Waals surface area contributed by atoms with Crippen molar-refractivity contribution in [2.75, 3.05) is 6.54 Å². The molecule has 2 amide bonds. The Morgan fingerprint density at radius 3 is 2.50 bits per heavy atom. The predicted octanol–water partition coefficient (Wildman–Crippen LogP) is 4.25. The van der Waals surface area contributed by atoms with Gasteiger partial charge in [-0.05, 0) is 30.2 Å². The number of carbonyl (C=O) groups is 2. The van der Waals surface area contributed by atoms with E-state index in [9.17, 15) is 9.59 Å². The highest BCUT2D eigenvalue weighted by Crippen LogP contribution is 2.25. The molecule has 0 radical (unpaired) electrons. The topological polar surface area (TPSA) is 62.3 Å². The van der Waals surface area contributed by atoms with Crippen LogP contribution < -0.4 is 5.43 Å². The third-order valence-electron chi connectivity index (χ3n) is 5.36. The summed E-state index contributed by atoms with van der Waals surface area (Å²) in [5.41, 5.74) is 7.33. The Morgan fingerprint density at radius 2 is 1.63 bits per heavy atom. The van der Waals surface area contributed by atoms with Crippen molar-refractivity contribution in [3.05, 3.63) is 102 Å². The van der Waals surface area contributed by atoms with Gasteiger partial charge < -0.3 is 0 Å². The normalized spacial score (nSPS) is 13.2. The second-order valence-corrected chi connectivity index (χ2v) is 7.24. The molecule has 3 aromatic carbocycles. The minimum absolute atomic E-state index is 0.188. The van der Waals surface area contributed by atoms with E-state index in [0.29, 0.717) is 24.1 Å². The zero-order valence-corrected chi connectivity index (χ0v) is 16.2. The van der Waals surface area contributed by atoms with Crippen molar-refractivity contribution in [1.82, 2.24) is 15.4 Å². The zero-order valence-electron chi connectivity index (χ0n) is 16.2. The number of rotatable bonds is 3. The van der Waals surface area contributed by atoms with Crippen LogP contribution in [0.1, 0.15) is 26.3 Å². The summed E-state index contributed by atoms with van der Waals surface area (Å²) in [6.45, 7) is 0.441. The third kappa shape index (κ3) is 3.20. The molecule has 0 bridgehead atoms. The molecule has 4 aromatic rings. The van der Waals surface area contributed by atoms with Crippen molar-refractivity contribution in [3.63, 3.8) is 0 Å². The number of hydrazine groups is 1. The van der Waals surface area contributed by atoms with Gasteiger partial charge in [0.1, 0.15) is 0 Å². The Bertz CT molecular complexity index is 1270. The second-order valence-electron chi connectivity index (χ2n) is 7.24. The molecule has 5 rings (SSSR count). The van der Waals surface area contributed by atoms with Gasteiger partial charge in [-0.1, -0.05) is 66.7 Å². The molecule has 1 aliphatic rings. The molecule has 0 spiro atoms. The molecule has 1 aliphatic heterocycles. The summed E-state index contributed by atoms with van der Waals surface area (Å²) in [4.78, 5) is 30.8. The van der Waals surface area contributed by atoms with Crippen LogP contribution in [0.15, 0.2) is 84.9 Å². The molecular formula is C25H19N3O2. The Labute approximate surface area is 174 Å². The molecule has 0 atom stereocenters. The fraction of sp³-hybridized carbons (Fsp3) is 0.0800. The van der Waals surface area contributed by atoms with Crippen molar-refractivity contribution in [2.24, 2.45) is 0 Å². The summed E-state index contributed by atoms with van der Waals surface area (Å²) in [7, 11) is 0. The average Bonchev–Trinajstić information content (AvgIpc) is 2.81. The average molecular weight is 393 g/mol. The van der Waals surface area contributed by atoms with Crippen molar-refractivity contribution in [2.45, 2.75) is 6.42 Å². The number of benzene rings is 3. The first kappa shape index (κ1) is 18.1. The van der Waals surface area contributed by atoms with Crippen molar-refractivity contribution in [1.29, 1.82) is 0 Å². The van der Waals surface area contributed by atoms with Gasteiger partial charge in [-0.25, -0.2) is 9.99 Å². The predicted molar refractivity (Wildman–Crippen MR) is 116 cm³/mol. The number of hydrogen-bond acceptors (Lipinski definition) is 3. The first-order valence-electron chi connectivity index (χ1n) is 9.87. The van der Waals surface area contributed by atoms with Gasteiger partial charge in [0.05, 0.1) is 16.8 Å². The van der Waals surface area contributed by atoms with Gasteiger partial charge in [0.2, 0.25) is 0 Å². The van der Waals surface area contributed by atoms with Crippen molar-refractivity contribution < 1.29 is 9.59 Å². The fourth-order valence-corrected chi connectivity index (χ4v) is 3.84. The summed E-state index contributed by atoms with van der Waals surface area (Å²) >= 11 is 0. The lowest BCUT2D eigenvalue weighted by Crippen LogP contribution is -2.49. The summed E-state index contributed by atoms with van der Waals surface area (Å²) in [6, 6.07) is 26.6. The lowest BCUT2D eigenvalue weighted by atomic mass is 10.0. The summed E-state index contributed by atoms with van der Waals surface area (Å²) in [5.74, 6) is -0.509. The summed E-state index contributed by atoms with van der Waals surface area (Å²) < 4.78 is 0. The number of hydrogen-bond donors (Lipinski definition) is 1. The highest BCUT2D eigenvalue weighted by atomic mass is 16.2. The summed E-state index contributed by atoms with van der Waals surface area (Å²) in [6.07, 6.45) is 0.703. The van der Waals surface area contributed by atoms with Crippen LogP contribution in [-0.2, 0) is 6.42 Å². The Balaban J connectivity index is 1.51. The molecule has 0 saturated carbocycles. The van der Waals surface area contributed by atoms with Crippen LogP contribution in [-0.4, -0.2) is 28.4 Å². The molecule has 5 heteroatoms. The monoisotopic (exact) mass is 393 g/mol. The summed E-state index contributed by atoms with van der Waals surface area (Å²) in [5, 5.41) is 2.15. The van der Waals surface area contributed by atoms with E-state index < -0.39 is 0 Å². The molecule has 5 nitrogen and oxygen atoms in total. The van der Waals surface area contributed by atoms with Crippen LogP contribution in [0.25, 0.3) is 22.2 Å². The number of carbonyl (C=O) groups excluding carboxylic acids is 2. The highest BCUT2D eigenvalue weighted by molar-refractivity contribution is 6.08. The van der Waals surface area contributed by atoms with Crippen LogP contribution in [0, 0.1) is 0 Å². The number of nitrogens with zero attached hydrogens (tertiary/aromatic N) is 2. The van der Waals surface area contributed by atoms with E-state index in [2.05, 4.69) is 5.43 Å². The van der Waals surface area contributed by atoms with Crippen LogP contribution in [0.3, 0.4) is 0 Å². The minimum Gasteiger partial charge on any atom is -0.267 e. The van der Waals surface area contributed by atoms with Crippen molar-refractivity contribution >= 4 is 22.7 Å². The molecule has 0 saturated heterocycles. The number of aromatic nitrogens is 1. The van der Waals surface area contributed by atoms with Gasteiger partial charge in [-0.15, -0.1) is 0 Å². The van der Waals surface area contributed by atoms with E-state index in [1.165, 1.54) is 5.01 Å². The molecular weight excluding hydrogens is 374 g/mol. The quantitative estimate of drug-likeness (QED) is 0.566. The van der Waals surface area contributed by atoms with E-state index in [4.69, 9.17) is 4.98 Å². The van der Waals surface area contributed by atoms with E-state index in [-0.39, 0.29) is 11.8 Å². The Kier molecular flexibility index (Phi) is 4.48. The van der Waals surface area contributed by atoms with Crippen LogP contribution in [0.5, 0.6) is 0 Å². The lowest BCUT2D eigenvalue weighted by molar-refractivity contribution is 0.0568. The molecule has 0 fully saturated rings. The van der Waals surface area contributed by atoms with Crippen LogP contribution >= 0.6 is 0 Å². The van der Waals surface area contributed by atoms with Gasteiger partial charge in [0.15, 0.2) is 0 Å². The minimum atomic E-state index is -0.321. The molecule has 2 heterocycles. The molecule has 1 N–H and O–H groups in total. The van der Waals surface area contributed by atoms with E-state index in [1.54, 1.807) is 12.1 Å². The first-order valence-corrected chi connectivity index (χ1v) is 9.87. The van der Waals surface area contributed by atoms with Crippen LogP contribution in [0.4, 0.5) is 0 Å². The van der Waals surface area contributed by atoms with Gasteiger partial charge in [0, 0.05) is 23.1 Å². The standard InChI is InChI=1S/C25H19N3O2/c29-24(27-28-15-14-17-8-4-5-11-19(17)25(28)30)21-16-23(18-9-2-1-3-10-18)26-22-13-7-6-12-20(21)22/h1-13,16H,14-15H2,(H,27,29). The van der Waals surface area contributed by atoms with E-state index in [0.717, 1.165) is 27.7 Å². The number of nitrogens with one attached hydrogen (secondary N) is 1. The molecule has 146 valence electrons. The second kappa shape index (κ2) is 7.44. The number of para-hydroxylation sites is 1. The molecule has 30 heavy (non-hydrogen) atoms. The fourth-order valence-electron chi connectivity index (χ4n) is 3.84. The number of pyridine rings is 1. The Morgan fingerprint density at radius 1 is 0.900 bits per heavy atom. The van der Waals surface area contributed by atoms with Gasteiger partial charge in [-0.3, -0.25) is 15.0 Å². The zero-order chi connectivity index (χ0) is 20.5. The van der Waals surface area contributed by atoms with E-state index in [1.807, 2.05) is 72.8 Å². The Hall–Kier alpha value is -3.99. The maximum Gasteiger partial charge on any atom is 0.272 e. The first-order chi connectivity index (χ1) is 14.7. The maximum atomic E-state index is 13.2. The van der Waals surface area contributed by atoms with E-state index >= 15 is 0 Å². The molecule has 0 aliphatic carbocycles. The van der Waals surface area contributed by atoms with Crippen molar-refractivity contribution in [3.8, 4) is 11.3 Å². The highest BCUT2D eigenvalue weighted by Gasteiger charge is 2.26. The van der Waals surface area contributed by atoms with Gasteiger partial charge in [0.25, 0.3) is 11.8 Å². The maximum absolute atomic E-state index is 13.2. The van der Waals surface area contributed by atoms with Gasteiger partial charge >= 0.3 is 0 Å². The van der Waals surface area contributed by atoms with Crippen LogP contribution in [0.2, 0.25) is 0 Å². The molecule has 0 unspecified atom stereocenters.